The van der Waals surface area contributed by atoms with E-state index in [1.54, 1.807) is 0 Å². The van der Waals surface area contributed by atoms with E-state index >= 15 is 0 Å². The number of aliphatic imine (C=N–C) groups is 1. The molecule has 0 aliphatic rings. The third kappa shape index (κ3) is 9.85. The molecule has 0 saturated heterocycles. The molecule has 0 saturated carbocycles. The van der Waals surface area contributed by atoms with E-state index in [9.17, 15) is 18.1 Å². The van der Waals surface area contributed by atoms with Crippen LogP contribution < -0.4 is 4.90 Å². The second kappa shape index (κ2) is 14.8. The number of anilines is 1. The molecule has 0 spiro atoms. The summed E-state index contributed by atoms with van der Waals surface area (Å²) in [5.74, 6) is -0.110. The molecule has 0 unspecified atom stereocenters. The molecule has 0 aromatic heterocycles. The number of unbranched alkanes of at least 4 members (excludes halogenated alkanes) is 9. The summed E-state index contributed by atoms with van der Waals surface area (Å²) < 4.78 is 31.8. The van der Waals surface area contributed by atoms with E-state index in [4.69, 9.17) is 0 Å². The molecule has 0 bridgehead atoms. The number of benzene rings is 2. The van der Waals surface area contributed by atoms with E-state index in [0.717, 1.165) is 24.8 Å². The standard InChI is InChI=1S/C27H40N2O4S/c1-3-5-6-7-8-9-10-11-12-13-20-29(4-2)25-16-14-24(15-17-25)28-22-23-21-26(34(31,32)33)18-19-27(23)30/h14-19,21-22,30H,3-13,20H2,1-2H3,(H,31,32,33). The number of nitrogens with zero attached hydrogens (tertiary/aromatic N) is 2. The molecule has 0 atom stereocenters. The van der Waals surface area contributed by atoms with Gasteiger partial charge < -0.3 is 10.0 Å². The lowest BCUT2D eigenvalue weighted by atomic mass is 10.1. The Morgan fingerprint density at radius 2 is 1.44 bits per heavy atom. The highest BCUT2D eigenvalue weighted by atomic mass is 32.2. The highest BCUT2D eigenvalue weighted by Crippen LogP contribution is 2.23. The van der Waals surface area contributed by atoms with Gasteiger partial charge in [-0.2, -0.15) is 8.42 Å². The average molecular weight is 489 g/mol. The predicted molar refractivity (Wildman–Crippen MR) is 141 cm³/mol. The van der Waals surface area contributed by atoms with Crippen molar-refractivity contribution in [1.29, 1.82) is 0 Å². The maximum Gasteiger partial charge on any atom is 0.294 e. The molecular weight excluding hydrogens is 448 g/mol. The van der Waals surface area contributed by atoms with Gasteiger partial charge in [-0.05, 0) is 55.8 Å². The van der Waals surface area contributed by atoms with Crippen LogP contribution in [0.3, 0.4) is 0 Å². The molecule has 0 amide bonds. The SMILES string of the molecule is CCCCCCCCCCCCN(CC)c1ccc(N=Cc2cc(S(=O)(=O)O)ccc2O)cc1. The minimum Gasteiger partial charge on any atom is -0.507 e. The minimum atomic E-state index is -4.34. The molecule has 2 aromatic carbocycles. The molecule has 34 heavy (non-hydrogen) atoms. The van der Waals surface area contributed by atoms with Gasteiger partial charge in [-0.25, -0.2) is 0 Å². The van der Waals surface area contributed by atoms with Crippen LogP contribution in [0.15, 0.2) is 52.4 Å². The molecule has 2 N–H and O–H groups in total. The molecule has 0 aliphatic carbocycles. The zero-order valence-corrected chi connectivity index (χ0v) is 21.4. The Hall–Kier alpha value is -2.38. The fraction of sp³-hybridized carbons (Fsp3) is 0.519. The van der Waals surface area contributed by atoms with Crippen molar-refractivity contribution in [3.8, 4) is 5.75 Å². The quantitative estimate of drug-likeness (QED) is 0.149. The van der Waals surface area contributed by atoms with Crippen molar-refractivity contribution in [2.45, 2.75) is 83.0 Å². The molecule has 6 nitrogen and oxygen atoms in total. The average Bonchev–Trinajstić information content (AvgIpc) is 2.82. The first-order chi connectivity index (χ1) is 16.3. The summed E-state index contributed by atoms with van der Waals surface area (Å²) in [6, 6.07) is 11.4. The van der Waals surface area contributed by atoms with Crippen LogP contribution in [0.5, 0.6) is 5.75 Å². The summed E-state index contributed by atoms with van der Waals surface area (Å²) >= 11 is 0. The summed E-state index contributed by atoms with van der Waals surface area (Å²) in [5.41, 5.74) is 2.05. The summed E-state index contributed by atoms with van der Waals surface area (Å²) in [6.45, 7) is 6.39. The number of rotatable bonds is 16. The summed E-state index contributed by atoms with van der Waals surface area (Å²) in [5, 5.41) is 9.95. The molecule has 0 aliphatic heterocycles. The molecule has 188 valence electrons. The van der Waals surface area contributed by atoms with Gasteiger partial charge in [0.1, 0.15) is 5.75 Å². The Labute approximate surface area is 205 Å². The predicted octanol–water partition coefficient (Wildman–Crippen LogP) is 7.14. The van der Waals surface area contributed by atoms with Crippen LogP contribution in [0.25, 0.3) is 0 Å². The van der Waals surface area contributed by atoms with E-state index in [1.807, 2.05) is 24.3 Å². The monoisotopic (exact) mass is 488 g/mol. The second-order valence-electron chi connectivity index (χ2n) is 8.73. The molecule has 0 radical (unpaired) electrons. The van der Waals surface area contributed by atoms with Crippen molar-refractivity contribution in [3.63, 3.8) is 0 Å². The van der Waals surface area contributed by atoms with Crippen LogP contribution in [0.2, 0.25) is 0 Å². The van der Waals surface area contributed by atoms with Crippen LogP contribution >= 0.6 is 0 Å². The lowest BCUT2D eigenvalue weighted by molar-refractivity contribution is 0.472. The second-order valence-corrected chi connectivity index (χ2v) is 10.2. The van der Waals surface area contributed by atoms with Gasteiger partial charge in [0.25, 0.3) is 10.1 Å². The fourth-order valence-electron chi connectivity index (χ4n) is 3.95. The number of phenols is 1. The number of phenolic OH excluding ortho intramolecular Hbond substituents is 1. The van der Waals surface area contributed by atoms with E-state index in [2.05, 4.69) is 23.7 Å². The molecule has 0 heterocycles. The molecular formula is C27H40N2O4S. The van der Waals surface area contributed by atoms with Crippen molar-refractivity contribution in [2.24, 2.45) is 4.99 Å². The van der Waals surface area contributed by atoms with Crippen LogP contribution in [-0.2, 0) is 10.1 Å². The molecule has 2 rings (SSSR count). The fourth-order valence-corrected chi connectivity index (χ4v) is 4.47. The molecule has 0 fully saturated rings. The number of aromatic hydroxyl groups is 1. The van der Waals surface area contributed by atoms with Crippen LogP contribution in [0.4, 0.5) is 11.4 Å². The van der Waals surface area contributed by atoms with Crippen LogP contribution in [0, 0.1) is 0 Å². The zero-order valence-electron chi connectivity index (χ0n) is 20.6. The third-order valence-electron chi connectivity index (χ3n) is 6.03. The number of hydrogen-bond acceptors (Lipinski definition) is 5. The largest absolute Gasteiger partial charge is 0.507 e. The first-order valence-electron chi connectivity index (χ1n) is 12.5. The van der Waals surface area contributed by atoms with Crippen molar-refractivity contribution in [3.05, 3.63) is 48.0 Å². The smallest absolute Gasteiger partial charge is 0.294 e. The summed E-state index contributed by atoms with van der Waals surface area (Å²) in [6.07, 6.45) is 14.7. The first kappa shape index (κ1) is 27.9. The van der Waals surface area contributed by atoms with Gasteiger partial charge in [-0.15, -0.1) is 0 Å². The van der Waals surface area contributed by atoms with Crippen molar-refractivity contribution >= 4 is 27.7 Å². The van der Waals surface area contributed by atoms with Gasteiger partial charge >= 0.3 is 0 Å². The lowest BCUT2D eigenvalue weighted by Crippen LogP contribution is -2.23. The topological polar surface area (TPSA) is 90.2 Å². The summed E-state index contributed by atoms with van der Waals surface area (Å²) in [7, 11) is -4.34. The van der Waals surface area contributed by atoms with E-state index in [-0.39, 0.29) is 16.2 Å². The Bertz CT molecular complexity index is 988. The number of hydrogen-bond donors (Lipinski definition) is 2. The van der Waals surface area contributed by atoms with E-state index in [0.29, 0.717) is 5.69 Å². The van der Waals surface area contributed by atoms with Crippen molar-refractivity contribution < 1.29 is 18.1 Å². The minimum absolute atomic E-state index is 0.110. The maximum atomic E-state index is 11.3. The normalized spacial score (nSPS) is 11.9. The highest BCUT2D eigenvalue weighted by Gasteiger charge is 2.11. The van der Waals surface area contributed by atoms with Gasteiger partial charge in [0, 0.05) is 30.6 Å². The molecule has 2 aromatic rings. The Morgan fingerprint density at radius 1 is 0.853 bits per heavy atom. The Kier molecular flexibility index (Phi) is 12.1. The van der Waals surface area contributed by atoms with Crippen LogP contribution in [0.1, 0.15) is 83.6 Å². The zero-order chi connectivity index (χ0) is 24.8. The Morgan fingerprint density at radius 3 is 2.00 bits per heavy atom. The van der Waals surface area contributed by atoms with Gasteiger partial charge in [0.05, 0.1) is 10.6 Å². The first-order valence-corrected chi connectivity index (χ1v) is 14.0. The van der Waals surface area contributed by atoms with E-state index in [1.165, 1.54) is 82.6 Å². The van der Waals surface area contributed by atoms with Gasteiger partial charge in [-0.1, -0.05) is 64.7 Å². The lowest BCUT2D eigenvalue weighted by Gasteiger charge is -2.23. The van der Waals surface area contributed by atoms with E-state index < -0.39 is 10.1 Å². The van der Waals surface area contributed by atoms with Crippen LogP contribution in [-0.4, -0.2) is 37.4 Å². The van der Waals surface area contributed by atoms with Gasteiger partial charge in [0.2, 0.25) is 0 Å². The van der Waals surface area contributed by atoms with Gasteiger partial charge in [-0.3, -0.25) is 9.55 Å². The third-order valence-corrected chi connectivity index (χ3v) is 6.88. The Balaban J connectivity index is 1.81. The molecule has 7 heteroatoms. The maximum absolute atomic E-state index is 11.3. The van der Waals surface area contributed by atoms with Gasteiger partial charge in [0.15, 0.2) is 0 Å². The van der Waals surface area contributed by atoms with Crippen molar-refractivity contribution in [2.75, 3.05) is 18.0 Å². The highest BCUT2D eigenvalue weighted by molar-refractivity contribution is 7.85. The van der Waals surface area contributed by atoms with Crippen molar-refractivity contribution in [1.82, 2.24) is 0 Å². The summed E-state index contributed by atoms with van der Waals surface area (Å²) in [4.78, 5) is 6.41.